The highest BCUT2D eigenvalue weighted by Crippen LogP contribution is 1.89. The van der Waals surface area contributed by atoms with E-state index in [2.05, 4.69) is 17.9 Å². The lowest BCUT2D eigenvalue weighted by Crippen LogP contribution is -1.95. The lowest BCUT2D eigenvalue weighted by Gasteiger charge is -1.94. The van der Waals surface area contributed by atoms with Crippen LogP contribution in [0.25, 0.3) is 0 Å². The van der Waals surface area contributed by atoms with Crippen LogP contribution in [0.5, 0.6) is 0 Å². The predicted molar refractivity (Wildman–Crippen MR) is 36.9 cm³/mol. The van der Waals surface area contributed by atoms with Crippen molar-refractivity contribution in [2.24, 2.45) is 0 Å². The molecule has 0 unspecified atom stereocenters. The van der Waals surface area contributed by atoms with Gasteiger partial charge in [0, 0.05) is 17.0 Å². The van der Waals surface area contributed by atoms with E-state index in [1.54, 1.807) is 6.92 Å². The average Bonchev–Trinajstić information content (AvgIpc) is 1.65. The lowest BCUT2D eigenvalue weighted by atomic mass is 10.6. The second-order valence-electron chi connectivity index (χ2n) is 1.33. The Labute approximate surface area is 59.2 Å². The Hall–Kier alpha value is -0.833. The van der Waals surface area contributed by atoms with Crippen molar-refractivity contribution in [3.05, 3.63) is 25.0 Å². The molecule has 0 saturated heterocycles. The minimum Gasteiger partial charge on any atom is -0.429 e. The number of esters is 1. The topological polar surface area (TPSA) is 26.3 Å². The molecule has 0 aromatic heterocycles. The van der Waals surface area contributed by atoms with Crippen molar-refractivity contribution in [2.75, 3.05) is 0 Å². The fourth-order valence-electron chi connectivity index (χ4n) is 0.213. The number of rotatable bonds is 2. The fraction of sp³-hybridized carbons (Fsp3) is 0.167. The summed E-state index contributed by atoms with van der Waals surface area (Å²) in [4.78, 5) is 10.2. The molecule has 0 bridgehead atoms. The van der Waals surface area contributed by atoms with E-state index in [1.807, 2.05) is 0 Å². The van der Waals surface area contributed by atoms with Crippen LogP contribution in [0.1, 0.15) is 6.92 Å². The summed E-state index contributed by atoms with van der Waals surface area (Å²) in [7, 11) is 0. The van der Waals surface area contributed by atoms with Gasteiger partial charge >= 0.3 is 5.97 Å². The maximum absolute atomic E-state index is 10.2. The van der Waals surface area contributed by atoms with Crippen molar-refractivity contribution in [1.29, 1.82) is 0 Å². The molecule has 0 aliphatic carbocycles. The fourth-order valence-corrected chi connectivity index (χ4v) is 0.213. The number of carbonyl (C=O) groups is 1. The number of allylic oxidation sites excluding steroid dienone is 1. The largest absolute Gasteiger partial charge is 0.429 e. The first-order valence-electron chi connectivity index (χ1n) is 2.16. The lowest BCUT2D eigenvalue weighted by molar-refractivity contribution is -0.133. The maximum atomic E-state index is 10.2. The van der Waals surface area contributed by atoms with Gasteiger partial charge in [-0.1, -0.05) is 13.2 Å². The van der Waals surface area contributed by atoms with Gasteiger partial charge in [-0.2, -0.15) is 0 Å². The van der Waals surface area contributed by atoms with Gasteiger partial charge in [-0.15, -0.1) is 0 Å². The molecule has 0 spiro atoms. The highest BCUT2D eigenvalue weighted by Gasteiger charge is 1.91. The van der Waals surface area contributed by atoms with Crippen molar-refractivity contribution >= 4 is 16.9 Å². The molecular formula is C6H8O2Si. The number of carbonyl (C=O) groups excluding carboxylic acids is 1. The smallest absolute Gasteiger partial charge is 0.335 e. The minimum absolute atomic E-state index is 0. The van der Waals surface area contributed by atoms with Crippen molar-refractivity contribution < 1.29 is 9.53 Å². The summed E-state index contributed by atoms with van der Waals surface area (Å²) in [6, 6.07) is 0. The molecule has 0 aliphatic heterocycles. The van der Waals surface area contributed by atoms with E-state index in [4.69, 9.17) is 0 Å². The monoisotopic (exact) mass is 140 g/mol. The van der Waals surface area contributed by atoms with Crippen molar-refractivity contribution in [3.63, 3.8) is 0 Å². The van der Waals surface area contributed by atoms with Crippen LogP contribution in [0.15, 0.2) is 25.0 Å². The van der Waals surface area contributed by atoms with E-state index in [-0.39, 0.29) is 11.0 Å². The van der Waals surface area contributed by atoms with Crippen molar-refractivity contribution in [3.8, 4) is 0 Å². The van der Waals surface area contributed by atoms with Crippen LogP contribution in [0.3, 0.4) is 0 Å². The van der Waals surface area contributed by atoms with Crippen molar-refractivity contribution in [2.45, 2.75) is 6.92 Å². The predicted octanol–water partition coefficient (Wildman–Crippen LogP) is 0.868. The molecule has 48 valence electrons. The zero-order chi connectivity index (χ0) is 6.57. The third-order valence-electron chi connectivity index (χ3n) is 0.441. The summed E-state index contributed by atoms with van der Waals surface area (Å²) in [5.74, 6) is -0.0765. The summed E-state index contributed by atoms with van der Waals surface area (Å²) in [5.41, 5.74) is 0. The third-order valence-corrected chi connectivity index (χ3v) is 0.441. The molecule has 0 heterocycles. The number of hydrogen-bond donors (Lipinski definition) is 0. The van der Waals surface area contributed by atoms with E-state index in [1.165, 1.54) is 0 Å². The molecular weight excluding hydrogens is 132 g/mol. The Bertz CT molecular complexity index is 129. The summed E-state index contributed by atoms with van der Waals surface area (Å²) < 4.78 is 4.45. The summed E-state index contributed by atoms with van der Waals surface area (Å²) in [6.45, 7) is 8.15. The number of ether oxygens (including phenoxy) is 1. The molecule has 0 aliphatic rings. The summed E-state index contributed by atoms with van der Waals surface area (Å²) in [5, 5.41) is 0. The second kappa shape index (κ2) is 5.31. The molecule has 0 rings (SSSR count). The van der Waals surface area contributed by atoms with Gasteiger partial charge < -0.3 is 4.74 Å². The first-order valence-corrected chi connectivity index (χ1v) is 2.16. The van der Waals surface area contributed by atoms with Gasteiger partial charge in [-0.25, -0.2) is 4.79 Å². The van der Waals surface area contributed by atoms with Gasteiger partial charge in [0.15, 0.2) is 0 Å². The third kappa shape index (κ3) is 7.17. The zero-order valence-electron chi connectivity index (χ0n) is 5.31. The Balaban J connectivity index is 0. The standard InChI is InChI=1S/C6H8O2.Si/c1-4-6(7)8-5(2)3;/h4H,1-2H2,3H3;. The molecule has 3 heteroatoms. The van der Waals surface area contributed by atoms with Crippen LogP contribution in [0, 0.1) is 0 Å². The van der Waals surface area contributed by atoms with Crippen LogP contribution in [0.2, 0.25) is 0 Å². The van der Waals surface area contributed by atoms with Crippen molar-refractivity contribution in [1.82, 2.24) is 0 Å². The maximum Gasteiger partial charge on any atom is 0.335 e. The van der Waals surface area contributed by atoms with Gasteiger partial charge in [0.25, 0.3) is 0 Å². The normalized spacial score (nSPS) is 6.78. The van der Waals surface area contributed by atoms with E-state index >= 15 is 0 Å². The molecule has 0 saturated carbocycles. The minimum atomic E-state index is -0.461. The Morgan fingerprint density at radius 3 is 2.22 bits per heavy atom. The number of hydrogen-bond acceptors (Lipinski definition) is 2. The van der Waals surface area contributed by atoms with Gasteiger partial charge in [0.05, 0.1) is 5.76 Å². The zero-order valence-corrected chi connectivity index (χ0v) is 6.31. The first kappa shape index (κ1) is 11.0. The molecule has 0 aromatic carbocycles. The average molecular weight is 140 g/mol. The SMILES string of the molecule is C=CC(=O)OC(=C)C.[Si]. The van der Waals surface area contributed by atoms with Crippen LogP contribution >= 0.6 is 0 Å². The highest BCUT2D eigenvalue weighted by atomic mass is 28.1. The van der Waals surface area contributed by atoms with E-state index in [0.717, 1.165) is 6.08 Å². The molecule has 2 nitrogen and oxygen atoms in total. The molecule has 9 heavy (non-hydrogen) atoms. The van der Waals surface area contributed by atoms with Crippen LogP contribution in [-0.2, 0) is 9.53 Å². The first-order chi connectivity index (χ1) is 3.66. The Morgan fingerprint density at radius 1 is 1.67 bits per heavy atom. The van der Waals surface area contributed by atoms with E-state index in [0.29, 0.717) is 5.76 Å². The Kier molecular flexibility index (Phi) is 6.50. The van der Waals surface area contributed by atoms with E-state index in [9.17, 15) is 4.79 Å². The quantitative estimate of drug-likeness (QED) is 0.246. The van der Waals surface area contributed by atoms with Gasteiger partial charge in [-0.05, 0) is 6.92 Å². The molecule has 0 aromatic rings. The Morgan fingerprint density at radius 2 is 2.11 bits per heavy atom. The van der Waals surface area contributed by atoms with Gasteiger partial charge in [0.2, 0.25) is 0 Å². The molecule has 0 amide bonds. The van der Waals surface area contributed by atoms with Gasteiger partial charge in [0.1, 0.15) is 0 Å². The molecule has 0 N–H and O–H groups in total. The van der Waals surface area contributed by atoms with Crippen LogP contribution in [-0.4, -0.2) is 16.9 Å². The van der Waals surface area contributed by atoms with Gasteiger partial charge in [-0.3, -0.25) is 0 Å². The second-order valence-corrected chi connectivity index (χ2v) is 1.33. The summed E-state index contributed by atoms with van der Waals surface area (Å²) in [6.07, 6.45) is 1.09. The summed E-state index contributed by atoms with van der Waals surface area (Å²) >= 11 is 0. The van der Waals surface area contributed by atoms with Crippen LogP contribution < -0.4 is 0 Å². The van der Waals surface area contributed by atoms with E-state index < -0.39 is 5.97 Å². The molecule has 0 fully saturated rings. The molecule has 4 radical (unpaired) electrons. The van der Waals surface area contributed by atoms with Crippen LogP contribution in [0.4, 0.5) is 0 Å². The molecule has 0 atom stereocenters. The highest BCUT2D eigenvalue weighted by molar-refractivity contribution is 5.81.